The molecule has 0 radical (unpaired) electrons. The van der Waals surface area contributed by atoms with E-state index < -0.39 is 0 Å². The Balaban J connectivity index is 1.43. The van der Waals surface area contributed by atoms with Crippen molar-refractivity contribution in [2.24, 2.45) is 7.05 Å². The highest BCUT2D eigenvalue weighted by molar-refractivity contribution is 7.99. The topological polar surface area (TPSA) is 78.3 Å². The van der Waals surface area contributed by atoms with E-state index in [4.69, 9.17) is 9.47 Å². The predicted octanol–water partition coefficient (Wildman–Crippen LogP) is 2.78. The Hall–Kier alpha value is -3.00. The number of benzene rings is 2. The lowest BCUT2D eigenvalue weighted by Crippen LogP contribution is -2.29. The summed E-state index contributed by atoms with van der Waals surface area (Å²) < 4.78 is 12.8. The van der Waals surface area contributed by atoms with E-state index in [1.807, 2.05) is 66.2 Å². The largest absolute Gasteiger partial charge is 0.493 e. The van der Waals surface area contributed by atoms with Crippen molar-refractivity contribution >= 4 is 17.7 Å². The third-order valence-corrected chi connectivity index (χ3v) is 4.97. The maximum atomic E-state index is 12.1. The standard InChI is InChI=1S/C20H22N4O3S/c1-24-19(15-8-4-3-5-9-15)22-23-20(24)28-14-18(25)21-12-13-27-17-11-7-6-10-16(17)26-2/h3-11H,12-14H2,1-2H3,(H,21,25). The second-order valence-corrected chi connectivity index (χ2v) is 6.81. The minimum absolute atomic E-state index is 0.0853. The van der Waals surface area contributed by atoms with Gasteiger partial charge in [-0.2, -0.15) is 0 Å². The minimum atomic E-state index is -0.0853. The van der Waals surface area contributed by atoms with Crippen LogP contribution in [-0.2, 0) is 11.8 Å². The third kappa shape index (κ3) is 5.04. The summed E-state index contributed by atoms with van der Waals surface area (Å²) in [5, 5.41) is 11.9. The molecule has 0 aliphatic carbocycles. The van der Waals surface area contributed by atoms with Crippen molar-refractivity contribution in [1.29, 1.82) is 0 Å². The van der Waals surface area contributed by atoms with Crippen LogP contribution in [0.1, 0.15) is 0 Å². The molecule has 1 amide bonds. The van der Waals surface area contributed by atoms with Crippen LogP contribution in [-0.4, -0.2) is 46.7 Å². The van der Waals surface area contributed by atoms with Crippen LogP contribution >= 0.6 is 11.8 Å². The van der Waals surface area contributed by atoms with E-state index >= 15 is 0 Å². The van der Waals surface area contributed by atoms with Crippen LogP contribution in [0.5, 0.6) is 11.5 Å². The number of hydrogen-bond acceptors (Lipinski definition) is 6. The van der Waals surface area contributed by atoms with E-state index in [0.717, 1.165) is 11.4 Å². The van der Waals surface area contributed by atoms with Crippen LogP contribution in [0, 0.1) is 0 Å². The molecular weight excluding hydrogens is 376 g/mol. The number of nitrogens with zero attached hydrogens (tertiary/aromatic N) is 3. The lowest BCUT2D eigenvalue weighted by Gasteiger charge is -2.10. The van der Waals surface area contributed by atoms with Crippen molar-refractivity contribution in [3.8, 4) is 22.9 Å². The van der Waals surface area contributed by atoms with Crippen molar-refractivity contribution in [2.75, 3.05) is 26.0 Å². The molecule has 0 saturated heterocycles. The Morgan fingerprint density at radius 1 is 1.07 bits per heavy atom. The minimum Gasteiger partial charge on any atom is -0.493 e. The summed E-state index contributed by atoms with van der Waals surface area (Å²) >= 11 is 1.35. The normalized spacial score (nSPS) is 10.5. The third-order valence-electron chi connectivity index (χ3n) is 3.95. The van der Waals surface area contributed by atoms with E-state index in [1.165, 1.54) is 11.8 Å². The Bertz CT molecular complexity index is 915. The summed E-state index contributed by atoms with van der Waals surface area (Å²) in [6.45, 7) is 0.768. The van der Waals surface area contributed by atoms with Crippen LogP contribution < -0.4 is 14.8 Å². The number of rotatable bonds is 9. The number of aromatic nitrogens is 3. The van der Waals surface area contributed by atoms with Crippen molar-refractivity contribution in [1.82, 2.24) is 20.1 Å². The number of para-hydroxylation sites is 2. The zero-order valence-electron chi connectivity index (χ0n) is 15.8. The van der Waals surface area contributed by atoms with E-state index in [1.54, 1.807) is 7.11 Å². The Labute approximate surface area is 168 Å². The van der Waals surface area contributed by atoms with E-state index in [-0.39, 0.29) is 11.7 Å². The van der Waals surface area contributed by atoms with Gasteiger partial charge in [0.15, 0.2) is 22.5 Å². The van der Waals surface area contributed by atoms with Crippen molar-refractivity contribution in [2.45, 2.75) is 5.16 Å². The van der Waals surface area contributed by atoms with Crippen molar-refractivity contribution in [3.63, 3.8) is 0 Å². The first-order valence-electron chi connectivity index (χ1n) is 8.79. The lowest BCUT2D eigenvalue weighted by atomic mass is 10.2. The van der Waals surface area contributed by atoms with E-state index in [2.05, 4.69) is 15.5 Å². The average Bonchev–Trinajstić information content (AvgIpc) is 3.11. The molecule has 7 nitrogen and oxygen atoms in total. The number of carbonyl (C=O) groups excluding carboxylic acids is 1. The molecule has 1 aromatic heterocycles. The first kappa shape index (κ1) is 19.8. The molecule has 0 atom stereocenters. The fraction of sp³-hybridized carbons (Fsp3) is 0.250. The Morgan fingerprint density at radius 3 is 2.54 bits per heavy atom. The fourth-order valence-electron chi connectivity index (χ4n) is 2.55. The number of amides is 1. The summed E-state index contributed by atoms with van der Waals surface area (Å²) in [6.07, 6.45) is 0. The van der Waals surface area contributed by atoms with Crippen LogP contribution in [0.4, 0.5) is 0 Å². The summed E-state index contributed by atoms with van der Waals surface area (Å²) in [7, 11) is 3.49. The number of methoxy groups -OCH3 is 1. The molecule has 8 heteroatoms. The quantitative estimate of drug-likeness (QED) is 0.441. The van der Waals surface area contributed by atoms with Gasteiger partial charge in [-0.05, 0) is 12.1 Å². The van der Waals surface area contributed by atoms with Gasteiger partial charge >= 0.3 is 0 Å². The zero-order chi connectivity index (χ0) is 19.8. The van der Waals surface area contributed by atoms with Crippen LogP contribution in [0.15, 0.2) is 59.8 Å². The molecule has 0 saturated carbocycles. The summed E-state index contributed by atoms with van der Waals surface area (Å²) in [5.74, 6) is 2.27. The average molecular weight is 398 g/mol. The van der Waals surface area contributed by atoms with Crippen LogP contribution in [0.25, 0.3) is 11.4 Å². The lowest BCUT2D eigenvalue weighted by molar-refractivity contribution is -0.118. The first-order chi connectivity index (χ1) is 13.7. The smallest absolute Gasteiger partial charge is 0.230 e. The molecule has 28 heavy (non-hydrogen) atoms. The summed E-state index contributed by atoms with van der Waals surface area (Å²) in [4.78, 5) is 12.1. The molecule has 0 spiro atoms. The molecular formula is C20H22N4O3S. The van der Waals surface area contributed by atoms with Gasteiger partial charge in [-0.1, -0.05) is 54.2 Å². The fourth-order valence-corrected chi connectivity index (χ4v) is 3.29. The molecule has 0 aliphatic heterocycles. The van der Waals surface area contributed by atoms with Gasteiger partial charge in [-0.3, -0.25) is 4.79 Å². The number of ether oxygens (including phenoxy) is 2. The van der Waals surface area contributed by atoms with Gasteiger partial charge in [0.1, 0.15) is 6.61 Å². The van der Waals surface area contributed by atoms with Gasteiger partial charge in [0, 0.05) is 12.6 Å². The second-order valence-electron chi connectivity index (χ2n) is 5.87. The van der Waals surface area contributed by atoms with Gasteiger partial charge in [-0.15, -0.1) is 10.2 Å². The number of carbonyl (C=O) groups is 1. The van der Waals surface area contributed by atoms with Gasteiger partial charge in [0.05, 0.1) is 19.4 Å². The highest BCUT2D eigenvalue weighted by Gasteiger charge is 2.12. The molecule has 0 bridgehead atoms. The van der Waals surface area contributed by atoms with Gasteiger partial charge in [0.25, 0.3) is 0 Å². The highest BCUT2D eigenvalue weighted by Crippen LogP contribution is 2.25. The Morgan fingerprint density at radius 2 is 1.79 bits per heavy atom. The predicted molar refractivity (Wildman–Crippen MR) is 109 cm³/mol. The van der Waals surface area contributed by atoms with Crippen LogP contribution in [0.3, 0.4) is 0 Å². The monoisotopic (exact) mass is 398 g/mol. The van der Waals surface area contributed by atoms with E-state index in [0.29, 0.717) is 29.8 Å². The highest BCUT2D eigenvalue weighted by atomic mass is 32.2. The molecule has 146 valence electrons. The summed E-state index contributed by atoms with van der Waals surface area (Å²) in [5.41, 5.74) is 0.988. The number of thioether (sulfide) groups is 1. The molecule has 0 fully saturated rings. The van der Waals surface area contributed by atoms with Gasteiger partial charge < -0.3 is 19.4 Å². The molecule has 3 rings (SSSR count). The van der Waals surface area contributed by atoms with Crippen LogP contribution in [0.2, 0.25) is 0 Å². The maximum absolute atomic E-state index is 12.1. The Kier molecular flexibility index (Phi) is 6.91. The SMILES string of the molecule is COc1ccccc1OCCNC(=O)CSc1nnc(-c2ccccc2)n1C. The maximum Gasteiger partial charge on any atom is 0.230 e. The van der Waals surface area contributed by atoms with Crippen molar-refractivity contribution < 1.29 is 14.3 Å². The molecule has 1 N–H and O–H groups in total. The molecule has 2 aromatic carbocycles. The van der Waals surface area contributed by atoms with Gasteiger partial charge in [-0.25, -0.2) is 0 Å². The molecule has 3 aromatic rings. The number of nitrogens with one attached hydrogen (secondary N) is 1. The van der Waals surface area contributed by atoms with Gasteiger partial charge in [0.2, 0.25) is 5.91 Å². The van der Waals surface area contributed by atoms with Crippen molar-refractivity contribution in [3.05, 3.63) is 54.6 Å². The molecule has 0 aliphatic rings. The first-order valence-corrected chi connectivity index (χ1v) is 9.77. The molecule has 1 heterocycles. The second kappa shape index (κ2) is 9.80. The molecule has 0 unspecified atom stereocenters. The van der Waals surface area contributed by atoms with E-state index in [9.17, 15) is 4.79 Å². The zero-order valence-corrected chi connectivity index (χ0v) is 16.6. The number of hydrogen-bond donors (Lipinski definition) is 1. The summed E-state index contributed by atoms with van der Waals surface area (Å²) in [6, 6.07) is 17.2.